The van der Waals surface area contributed by atoms with E-state index in [9.17, 15) is 4.39 Å². The summed E-state index contributed by atoms with van der Waals surface area (Å²) < 4.78 is 13.7. The molecule has 1 unspecified atom stereocenters. The second kappa shape index (κ2) is 6.10. The number of rotatable bonds is 3. The fourth-order valence-corrected chi connectivity index (χ4v) is 2.53. The van der Waals surface area contributed by atoms with Gasteiger partial charge in [-0.1, -0.05) is 40.9 Å². The molecule has 0 bridgehead atoms. The fourth-order valence-electron chi connectivity index (χ4n) is 1.86. The Morgan fingerprint density at radius 2 is 1.79 bits per heavy atom. The highest BCUT2D eigenvalue weighted by atomic mass is 35.5. The molecule has 0 aliphatic heterocycles. The SMILES string of the molecule is NC(Cc1c(F)cccc1Cl)c1cc(Cl)ccc1Cl. The quantitative estimate of drug-likeness (QED) is 0.844. The Morgan fingerprint density at radius 3 is 2.47 bits per heavy atom. The van der Waals surface area contributed by atoms with Gasteiger partial charge in [-0.05, 0) is 42.3 Å². The average Bonchev–Trinajstić information content (AvgIpc) is 2.37. The fraction of sp³-hybridized carbons (Fsp3) is 0.143. The van der Waals surface area contributed by atoms with Crippen LogP contribution in [0, 0.1) is 5.82 Å². The maximum atomic E-state index is 13.7. The topological polar surface area (TPSA) is 26.0 Å². The molecule has 100 valence electrons. The van der Waals surface area contributed by atoms with Crippen molar-refractivity contribution in [2.24, 2.45) is 5.73 Å². The molecule has 0 saturated heterocycles. The standard InChI is InChI=1S/C14H11Cl3FN/c15-8-4-5-12(17)10(6-8)14(19)7-9-11(16)2-1-3-13(9)18/h1-6,14H,7,19H2. The number of hydrogen-bond donors (Lipinski definition) is 1. The van der Waals surface area contributed by atoms with Crippen LogP contribution in [0.3, 0.4) is 0 Å². The smallest absolute Gasteiger partial charge is 0.127 e. The molecule has 0 fully saturated rings. The first-order valence-electron chi connectivity index (χ1n) is 5.62. The first kappa shape index (κ1) is 14.6. The highest BCUT2D eigenvalue weighted by Gasteiger charge is 2.16. The predicted molar refractivity (Wildman–Crippen MR) is 78.5 cm³/mol. The molecule has 0 heterocycles. The van der Waals surface area contributed by atoms with Crippen LogP contribution in [0.4, 0.5) is 4.39 Å². The summed E-state index contributed by atoms with van der Waals surface area (Å²) in [5.41, 5.74) is 7.12. The number of nitrogens with two attached hydrogens (primary N) is 1. The van der Waals surface area contributed by atoms with E-state index in [1.165, 1.54) is 6.07 Å². The van der Waals surface area contributed by atoms with Crippen molar-refractivity contribution >= 4 is 34.8 Å². The molecule has 0 saturated carbocycles. The molecular formula is C14H11Cl3FN. The van der Waals surface area contributed by atoms with Gasteiger partial charge in [0.15, 0.2) is 0 Å². The predicted octanol–water partition coefficient (Wildman–Crippen LogP) is 5.03. The second-order valence-electron chi connectivity index (χ2n) is 4.18. The van der Waals surface area contributed by atoms with Gasteiger partial charge in [-0.15, -0.1) is 0 Å². The lowest BCUT2D eigenvalue weighted by molar-refractivity contribution is 0.593. The van der Waals surface area contributed by atoms with Gasteiger partial charge in [-0.25, -0.2) is 4.39 Å². The molecule has 1 nitrogen and oxygen atoms in total. The largest absolute Gasteiger partial charge is 0.324 e. The highest BCUT2D eigenvalue weighted by molar-refractivity contribution is 6.33. The van der Waals surface area contributed by atoms with E-state index in [0.717, 1.165) is 0 Å². The van der Waals surface area contributed by atoms with Gasteiger partial charge >= 0.3 is 0 Å². The Labute approximate surface area is 126 Å². The van der Waals surface area contributed by atoms with Crippen LogP contribution in [-0.4, -0.2) is 0 Å². The number of benzene rings is 2. The maximum absolute atomic E-state index is 13.7. The van der Waals surface area contributed by atoms with Crippen molar-refractivity contribution in [1.29, 1.82) is 0 Å². The van der Waals surface area contributed by atoms with Crippen molar-refractivity contribution in [1.82, 2.24) is 0 Å². The third kappa shape index (κ3) is 3.40. The first-order chi connectivity index (χ1) is 8.99. The molecule has 2 N–H and O–H groups in total. The van der Waals surface area contributed by atoms with Gasteiger partial charge in [-0.2, -0.15) is 0 Å². The molecule has 0 aliphatic rings. The second-order valence-corrected chi connectivity index (χ2v) is 5.43. The molecule has 0 aromatic heterocycles. The van der Waals surface area contributed by atoms with Crippen molar-refractivity contribution in [2.45, 2.75) is 12.5 Å². The zero-order chi connectivity index (χ0) is 14.0. The van der Waals surface area contributed by atoms with E-state index in [1.807, 2.05) is 0 Å². The van der Waals surface area contributed by atoms with Crippen LogP contribution in [0.5, 0.6) is 0 Å². The van der Waals surface area contributed by atoms with Crippen molar-refractivity contribution < 1.29 is 4.39 Å². The summed E-state index contributed by atoms with van der Waals surface area (Å²) in [6.45, 7) is 0. The van der Waals surface area contributed by atoms with Crippen LogP contribution < -0.4 is 5.73 Å². The van der Waals surface area contributed by atoms with E-state index < -0.39 is 6.04 Å². The van der Waals surface area contributed by atoms with Crippen molar-refractivity contribution in [2.75, 3.05) is 0 Å². The maximum Gasteiger partial charge on any atom is 0.127 e. The molecule has 2 aromatic carbocycles. The molecule has 19 heavy (non-hydrogen) atoms. The van der Waals surface area contributed by atoms with Crippen LogP contribution in [0.25, 0.3) is 0 Å². The summed E-state index contributed by atoms with van der Waals surface area (Å²) in [4.78, 5) is 0. The number of hydrogen-bond acceptors (Lipinski definition) is 1. The van der Waals surface area contributed by atoms with Crippen molar-refractivity contribution in [3.8, 4) is 0 Å². The van der Waals surface area contributed by atoms with E-state index in [0.29, 0.717) is 26.2 Å². The van der Waals surface area contributed by atoms with Crippen LogP contribution >= 0.6 is 34.8 Å². The summed E-state index contributed by atoms with van der Waals surface area (Å²) >= 11 is 18.0. The van der Waals surface area contributed by atoms with Crippen LogP contribution in [0.2, 0.25) is 15.1 Å². The molecule has 0 aliphatic carbocycles. The third-order valence-electron chi connectivity index (χ3n) is 2.84. The lowest BCUT2D eigenvalue weighted by Crippen LogP contribution is -2.15. The molecular weight excluding hydrogens is 308 g/mol. The lowest BCUT2D eigenvalue weighted by Gasteiger charge is -2.15. The summed E-state index contributed by atoms with van der Waals surface area (Å²) in [7, 11) is 0. The lowest BCUT2D eigenvalue weighted by atomic mass is 9.99. The van der Waals surface area contributed by atoms with Gasteiger partial charge < -0.3 is 5.73 Å². The van der Waals surface area contributed by atoms with Crippen molar-refractivity contribution in [3.63, 3.8) is 0 Å². The van der Waals surface area contributed by atoms with E-state index >= 15 is 0 Å². The Kier molecular flexibility index (Phi) is 4.69. The Hall–Kier alpha value is -0.800. The van der Waals surface area contributed by atoms with E-state index in [2.05, 4.69) is 0 Å². The van der Waals surface area contributed by atoms with E-state index in [-0.39, 0.29) is 12.2 Å². The summed E-state index contributed by atoms with van der Waals surface area (Å²) in [6, 6.07) is 9.10. The minimum absolute atomic E-state index is 0.256. The zero-order valence-corrected chi connectivity index (χ0v) is 12.1. The minimum atomic E-state index is -0.472. The molecule has 0 spiro atoms. The van der Waals surface area contributed by atoms with Gasteiger partial charge in [0.2, 0.25) is 0 Å². The molecule has 0 radical (unpaired) electrons. The minimum Gasteiger partial charge on any atom is -0.324 e. The number of halogens is 4. The molecule has 2 rings (SSSR count). The van der Waals surface area contributed by atoms with Gasteiger partial charge in [0.05, 0.1) is 0 Å². The van der Waals surface area contributed by atoms with E-state index in [1.54, 1.807) is 30.3 Å². The highest BCUT2D eigenvalue weighted by Crippen LogP contribution is 2.29. The Balaban J connectivity index is 2.31. The zero-order valence-electron chi connectivity index (χ0n) is 9.84. The van der Waals surface area contributed by atoms with Gasteiger partial charge in [0.25, 0.3) is 0 Å². The molecule has 2 aromatic rings. The van der Waals surface area contributed by atoms with Crippen LogP contribution in [0.15, 0.2) is 36.4 Å². The third-order valence-corrected chi connectivity index (χ3v) is 3.78. The van der Waals surface area contributed by atoms with Gasteiger partial charge in [0, 0.05) is 26.7 Å². The summed E-state index contributed by atoms with van der Waals surface area (Å²) in [5, 5.41) is 1.40. The Bertz CT molecular complexity index is 581. The van der Waals surface area contributed by atoms with Crippen LogP contribution in [0.1, 0.15) is 17.2 Å². The summed E-state index contributed by atoms with van der Waals surface area (Å²) in [6.07, 6.45) is 0.256. The average molecular weight is 319 g/mol. The van der Waals surface area contributed by atoms with Crippen LogP contribution in [-0.2, 0) is 6.42 Å². The molecule has 1 atom stereocenters. The van der Waals surface area contributed by atoms with Crippen molar-refractivity contribution in [3.05, 3.63) is 68.4 Å². The Morgan fingerprint density at radius 1 is 1.05 bits per heavy atom. The van der Waals surface area contributed by atoms with Gasteiger partial charge in [0.1, 0.15) is 5.82 Å². The summed E-state index contributed by atoms with van der Waals surface area (Å²) in [5.74, 6) is -0.374. The molecule has 0 amide bonds. The monoisotopic (exact) mass is 317 g/mol. The normalized spacial score (nSPS) is 12.5. The molecule has 5 heteroatoms. The van der Waals surface area contributed by atoms with E-state index in [4.69, 9.17) is 40.5 Å². The van der Waals surface area contributed by atoms with Gasteiger partial charge in [-0.3, -0.25) is 0 Å². The first-order valence-corrected chi connectivity index (χ1v) is 6.76.